The minimum Gasteiger partial charge on any atom is -0.444 e. The zero-order chi connectivity index (χ0) is 29.6. The summed E-state index contributed by atoms with van der Waals surface area (Å²) in [5.41, 5.74) is 3.19. The number of hydrogen-bond donors (Lipinski definition) is 2. The molecule has 2 N–H and O–H groups in total. The van der Waals surface area contributed by atoms with Crippen LogP contribution in [0.4, 0.5) is 10.5 Å². The Kier molecular flexibility index (Phi) is 10.3. The van der Waals surface area contributed by atoms with Gasteiger partial charge in [-0.05, 0) is 94.2 Å². The maximum absolute atomic E-state index is 14.3. The maximum atomic E-state index is 14.3. The van der Waals surface area contributed by atoms with Crippen LogP contribution in [-0.4, -0.2) is 52.5 Å². The fraction of sp³-hybridized carbons (Fsp3) is 0.469. The number of rotatable bonds is 10. The molecule has 4 unspecified atom stereocenters. The predicted molar refractivity (Wildman–Crippen MR) is 162 cm³/mol. The quantitative estimate of drug-likeness (QED) is 0.354. The van der Waals surface area contributed by atoms with Crippen LogP contribution in [0.25, 0.3) is 0 Å². The van der Waals surface area contributed by atoms with Crippen molar-refractivity contribution in [2.45, 2.75) is 78.1 Å². The van der Waals surface area contributed by atoms with Crippen LogP contribution in [0.3, 0.4) is 0 Å². The lowest BCUT2D eigenvalue weighted by molar-refractivity contribution is -0.141. The first kappa shape index (κ1) is 31.1. The standard InChI is InChI=1S/C32H41N3O4S/c1-9-23-13-15-24(16-14-23)28(29(36)34-27-20(2)11-10-12-21(27)3)35(26-19-22(26)4)30(37)25(17-18-40-8)33-31(38)39-32(5,6)7/h1,10-16,22,25-26,28H,17-19H2,2-8H3,(H,33,38)(H,34,36). The second-order valence-corrected chi connectivity index (χ2v) is 12.4. The first-order valence-electron chi connectivity index (χ1n) is 13.6. The Balaban J connectivity index is 2.05. The third kappa shape index (κ3) is 8.04. The van der Waals surface area contributed by atoms with Crippen LogP contribution in [0, 0.1) is 32.1 Å². The van der Waals surface area contributed by atoms with Gasteiger partial charge in [-0.3, -0.25) is 9.59 Å². The Labute approximate surface area is 242 Å². The van der Waals surface area contributed by atoms with Crippen LogP contribution < -0.4 is 10.6 Å². The van der Waals surface area contributed by atoms with E-state index in [0.29, 0.717) is 23.3 Å². The lowest BCUT2D eigenvalue weighted by atomic mass is 9.99. The second-order valence-electron chi connectivity index (χ2n) is 11.4. The number of amides is 3. The van der Waals surface area contributed by atoms with Crippen molar-refractivity contribution in [3.63, 3.8) is 0 Å². The van der Waals surface area contributed by atoms with Gasteiger partial charge in [-0.15, -0.1) is 6.42 Å². The van der Waals surface area contributed by atoms with Crippen LogP contribution in [0.1, 0.15) is 68.8 Å². The number of thioether (sulfide) groups is 1. The number of aryl methyl sites for hydroxylation is 2. The molecule has 1 aliphatic rings. The highest BCUT2D eigenvalue weighted by molar-refractivity contribution is 7.98. The van der Waals surface area contributed by atoms with E-state index in [9.17, 15) is 14.4 Å². The summed E-state index contributed by atoms with van der Waals surface area (Å²) in [6.07, 6.45) is 8.04. The highest BCUT2D eigenvalue weighted by atomic mass is 32.2. The van der Waals surface area contributed by atoms with Crippen molar-refractivity contribution in [2.75, 3.05) is 17.3 Å². The number of hydrogen-bond acceptors (Lipinski definition) is 5. The molecule has 0 radical (unpaired) electrons. The predicted octanol–water partition coefficient (Wildman–Crippen LogP) is 5.85. The van der Waals surface area contributed by atoms with E-state index in [1.807, 2.05) is 38.3 Å². The molecule has 7 nitrogen and oxygen atoms in total. The summed E-state index contributed by atoms with van der Waals surface area (Å²) < 4.78 is 5.47. The van der Waals surface area contributed by atoms with Crippen molar-refractivity contribution >= 4 is 35.4 Å². The van der Waals surface area contributed by atoms with Gasteiger partial charge in [-0.2, -0.15) is 11.8 Å². The molecule has 1 aliphatic carbocycles. The Morgan fingerprint density at radius 2 is 1.73 bits per heavy atom. The molecule has 8 heteroatoms. The number of anilines is 1. The van der Waals surface area contributed by atoms with Crippen molar-refractivity contribution in [1.82, 2.24) is 10.2 Å². The SMILES string of the molecule is C#Cc1ccc(C(C(=O)Nc2c(C)cccc2C)N(C(=O)C(CCSC)NC(=O)OC(C)(C)C)C2CC2C)cc1. The summed E-state index contributed by atoms with van der Waals surface area (Å²) in [5, 5.41) is 5.90. The molecule has 0 bridgehead atoms. The molecule has 1 saturated carbocycles. The van der Waals surface area contributed by atoms with E-state index in [1.54, 1.807) is 61.7 Å². The van der Waals surface area contributed by atoms with Gasteiger partial charge in [-0.25, -0.2) is 4.79 Å². The van der Waals surface area contributed by atoms with Crippen molar-refractivity contribution in [3.8, 4) is 12.3 Å². The molecule has 2 aromatic carbocycles. The third-order valence-electron chi connectivity index (χ3n) is 6.93. The fourth-order valence-corrected chi connectivity index (χ4v) is 5.17. The number of para-hydroxylation sites is 1. The summed E-state index contributed by atoms with van der Waals surface area (Å²) in [6.45, 7) is 11.3. The lowest BCUT2D eigenvalue weighted by Crippen LogP contribution is -2.53. The monoisotopic (exact) mass is 563 g/mol. The van der Waals surface area contributed by atoms with Crippen LogP contribution in [0.2, 0.25) is 0 Å². The molecule has 0 aromatic heterocycles. The molecule has 4 atom stereocenters. The van der Waals surface area contributed by atoms with E-state index in [4.69, 9.17) is 11.2 Å². The van der Waals surface area contributed by atoms with Gasteiger partial charge in [-0.1, -0.05) is 43.2 Å². The lowest BCUT2D eigenvalue weighted by Gasteiger charge is -2.35. The summed E-state index contributed by atoms with van der Waals surface area (Å²) in [5.74, 6) is 2.84. The third-order valence-corrected chi connectivity index (χ3v) is 7.57. The summed E-state index contributed by atoms with van der Waals surface area (Å²) >= 11 is 1.58. The number of alkyl carbamates (subject to hydrolysis) is 1. The average Bonchev–Trinajstić information content (AvgIpc) is 3.61. The van der Waals surface area contributed by atoms with Crippen molar-refractivity contribution in [1.29, 1.82) is 0 Å². The minimum absolute atomic E-state index is 0.147. The number of benzene rings is 2. The van der Waals surface area contributed by atoms with Crippen LogP contribution >= 0.6 is 11.8 Å². The topological polar surface area (TPSA) is 87.7 Å². The number of nitrogens with one attached hydrogen (secondary N) is 2. The van der Waals surface area contributed by atoms with Crippen LogP contribution in [-0.2, 0) is 14.3 Å². The molecule has 0 heterocycles. The molecule has 40 heavy (non-hydrogen) atoms. The van der Waals surface area contributed by atoms with E-state index in [2.05, 4.69) is 23.5 Å². The van der Waals surface area contributed by atoms with Crippen molar-refractivity contribution in [3.05, 3.63) is 64.7 Å². The van der Waals surface area contributed by atoms with Gasteiger partial charge < -0.3 is 20.3 Å². The Morgan fingerprint density at radius 1 is 1.12 bits per heavy atom. The van der Waals surface area contributed by atoms with Crippen LogP contribution in [0.5, 0.6) is 0 Å². The van der Waals surface area contributed by atoms with Gasteiger partial charge in [0.1, 0.15) is 17.7 Å². The largest absolute Gasteiger partial charge is 0.444 e. The van der Waals surface area contributed by atoms with Crippen molar-refractivity contribution < 1.29 is 19.1 Å². The number of ether oxygens (including phenoxy) is 1. The molecule has 3 rings (SSSR count). The molecule has 0 aliphatic heterocycles. The van der Waals surface area contributed by atoms with E-state index < -0.39 is 23.8 Å². The zero-order valence-corrected chi connectivity index (χ0v) is 25.4. The maximum Gasteiger partial charge on any atom is 0.408 e. The summed E-state index contributed by atoms with van der Waals surface area (Å²) in [4.78, 5) is 42.9. The average molecular weight is 564 g/mol. The van der Waals surface area contributed by atoms with Gasteiger partial charge in [0.2, 0.25) is 5.91 Å². The fourth-order valence-electron chi connectivity index (χ4n) is 4.70. The Hall–Kier alpha value is -3.44. The van der Waals surface area contributed by atoms with E-state index >= 15 is 0 Å². The van der Waals surface area contributed by atoms with Gasteiger partial charge in [0.25, 0.3) is 5.91 Å². The number of nitrogens with zero attached hydrogens (tertiary/aromatic N) is 1. The van der Waals surface area contributed by atoms with Gasteiger partial charge >= 0.3 is 6.09 Å². The molecule has 1 fully saturated rings. The number of carbonyl (C=O) groups excluding carboxylic acids is 3. The minimum atomic E-state index is -0.925. The Bertz CT molecular complexity index is 1240. The van der Waals surface area contributed by atoms with Crippen molar-refractivity contribution in [2.24, 2.45) is 5.92 Å². The smallest absolute Gasteiger partial charge is 0.408 e. The molecule has 3 amide bonds. The highest BCUT2D eigenvalue weighted by Crippen LogP contribution is 2.41. The van der Waals surface area contributed by atoms with Gasteiger partial charge in [0, 0.05) is 17.3 Å². The molecule has 2 aromatic rings. The normalized spacial score (nSPS) is 17.6. The first-order valence-corrected chi connectivity index (χ1v) is 15.0. The summed E-state index contributed by atoms with van der Waals surface area (Å²) in [7, 11) is 0. The number of terminal acetylenes is 1. The second kappa shape index (κ2) is 13.3. The molecular weight excluding hydrogens is 522 g/mol. The van der Waals surface area contributed by atoms with Gasteiger partial charge in [0.05, 0.1) is 0 Å². The molecule has 0 saturated heterocycles. The van der Waals surface area contributed by atoms with E-state index in [1.165, 1.54) is 0 Å². The molecule has 214 valence electrons. The zero-order valence-electron chi connectivity index (χ0n) is 24.5. The first-order chi connectivity index (χ1) is 18.9. The van der Waals surface area contributed by atoms with Gasteiger partial charge in [0.15, 0.2) is 0 Å². The molecular formula is C32H41N3O4S. The van der Waals surface area contributed by atoms with E-state index in [-0.39, 0.29) is 23.8 Å². The Morgan fingerprint density at radius 3 is 2.23 bits per heavy atom. The highest BCUT2D eigenvalue weighted by Gasteiger charge is 2.48. The van der Waals surface area contributed by atoms with Crippen LogP contribution in [0.15, 0.2) is 42.5 Å². The number of carbonyl (C=O) groups is 3. The summed E-state index contributed by atoms with van der Waals surface area (Å²) in [6, 6.07) is 11.0. The van der Waals surface area contributed by atoms with E-state index in [0.717, 1.165) is 23.2 Å². The molecule has 0 spiro atoms.